The Kier molecular flexibility index (Phi) is 5.56. The van der Waals surface area contributed by atoms with E-state index in [1.165, 1.54) is 5.69 Å². The highest BCUT2D eigenvalue weighted by atomic mass is 35.5. The molecule has 2 atom stereocenters. The van der Waals surface area contributed by atoms with Gasteiger partial charge in [-0.3, -0.25) is 4.40 Å². The zero-order valence-electron chi connectivity index (χ0n) is 17.7. The van der Waals surface area contributed by atoms with Crippen molar-refractivity contribution < 1.29 is 9.47 Å². The van der Waals surface area contributed by atoms with Crippen molar-refractivity contribution in [3.63, 3.8) is 0 Å². The van der Waals surface area contributed by atoms with Crippen LogP contribution in [0, 0.1) is 0 Å². The van der Waals surface area contributed by atoms with Gasteiger partial charge in [0.2, 0.25) is 5.78 Å². The highest BCUT2D eigenvalue weighted by Gasteiger charge is 2.22. The summed E-state index contributed by atoms with van der Waals surface area (Å²) in [6.07, 6.45) is 7.43. The molecule has 0 amide bonds. The van der Waals surface area contributed by atoms with Crippen LogP contribution in [0.3, 0.4) is 0 Å². The largest absolute Gasteiger partial charge is 0.490 e. The van der Waals surface area contributed by atoms with Crippen molar-refractivity contribution in [2.75, 3.05) is 37.8 Å². The summed E-state index contributed by atoms with van der Waals surface area (Å²) in [6.45, 7) is 7.87. The Morgan fingerprint density at radius 3 is 2.81 bits per heavy atom. The summed E-state index contributed by atoms with van der Waals surface area (Å²) in [7, 11) is 0. The molecule has 1 N–H and O–H groups in total. The Morgan fingerprint density at radius 1 is 1.13 bits per heavy atom. The van der Waals surface area contributed by atoms with Crippen molar-refractivity contribution >= 4 is 34.7 Å². The molecule has 0 saturated carbocycles. The SMILES string of the molecule is C[C@@H]1CN(c2ccc3c(c2)OCCOC/C(c2cn4cc(Cl)cnc4n2)=C\3)C[C@H](C)N1. The normalized spacial score (nSPS) is 23.8. The molecule has 0 bridgehead atoms. The number of benzene rings is 1. The zero-order valence-corrected chi connectivity index (χ0v) is 18.5. The zero-order chi connectivity index (χ0) is 21.4. The van der Waals surface area contributed by atoms with Crippen molar-refractivity contribution in [2.45, 2.75) is 25.9 Å². The van der Waals surface area contributed by atoms with Gasteiger partial charge < -0.3 is 19.7 Å². The molecular formula is C23H26ClN5O2. The standard InChI is InChI=1S/C23H26ClN5O2/c1-15-10-28(11-16(2)26-15)20-4-3-17-7-18(14-30-5-6-31-22(17)8-20)21-13-29-12-19(24)9-25-23(29)27-21/h3-4,7-9,12-13,15-16,26H,5-6,10-11,14H2,1-2H3/b18-7+/t15-,16+. The van der Waals surface area contributed by atoms with Crippen LogP contribution >= 0.6 is 11.6 Å². The van der Waals surface area contributed by atoms with Crippen LogP contribution in [0.4, 0.5) is 5.69 Å². The van der Waals surface area contributed by atoms with Gasteiger partial charge in [-0.1, -0.05) is 11.6 Å². The van der Waals surface area contributed by atoms with Crippen molar-refractivity contribution in [3.05, 3.63) is 53.1 Å². The van der Waals surface area contributed by atoms with E-state index >= 15 is 0 Å². The topological polar surface area (TPSA) is 63.9 Å². The van der Waals surface area contributed by atoms with Crippen LogP contribution in [0.1, 0.15) is 25.1 Å². The second kappa shape index (κ2) is 8.49. The molecule has 162 valence electrons. The van der Waals surface area contributed by atoms with E-state index in [9.17, 15) is 0 Å². The van der Waals surface area contributed by atoms with Gasteiger partial charge in [-0.25, -0.2) is 9.97 Å². The maximum absolute atomic E-state index is 6.09. The molecule has 2 aliphatic rings. The molecule has 0 aliphatic carbocycles. The second-order valence-corrected chi connectivity index (χ2v) is 8.71. The highest BCUT2D eigenvalue weighted by Crippen LogP contribution is 2.31. The van der Waals surface area contributed by atoms with Crippen LogP contribution in [0.2, 0.25) is 5.02 Å². The first-order valence-electron chi connectivity index (χ1n) is 10.6. The van der Waals surface area contributed by atoms with Gasteiger partial charge in [0.15, 0.2) is 0 Å². The molecule has 0 unspecified atom stereocenters. The minimum absolute atomic E-state index is 0.451. The number of piperazine rings is 1. The summed E-state index contributed by atoms with van der Waals surface area (Å²) < 4.78 is 13.8. The maximum atomic E-state index is 6.09. The maximum Gasteiger partial charge on any atom is 0.234 e. The monoisotopic (exact) mass is 439 g/mol. The third kappa shape index (κ3) is 4.39. The average Bonchev–Trinajstić information content (AvgIpc) is 3.18. The molecule has 0 radical (unpaired) electrons. The summed E-state index contributed by atoms with van der Waals surface area (Å²) >= 11 is 6.07. The van der Waals surface area contributed by atoms with E-state index in [1.54, 1.807) is 12.4 Å². The molecule has 31 heavy (non-hydrogen) atoms. The number of fused-ring (bicyclic) bond motifs is 2. The van der Waals surface area contributed by atoms with Gasteiger partial charge >= 0.3 is 0 Å². The molecule has 8 heteroatoms. The van der Waals surface area contributed by atoms with Crippen molar-refractivity contribution in [1.29, 1.82) is 0 Å². The predicted octanol–water partition coefficient (Wildman–Crippen LogP) is 3.52. The number of anilines is 1. The number of hydrogen-bond donors (Lipinski definition) is 1. The summed E-state index contributed by atoms with van der Waals surface area (Å²) in [5.41, 5.74) is 3.99. The Hall–Kier alpha value is -2.61. The first kappa shape index (κ1) is 20.3. The van der Waals surface area contributed by atoms with E-state index in [0.29, 0.717) is 42.7 Å². The van der Waals surface area contributed by atoms with Gasteiger partial charge in [0.1, 0.15) is 12.4 Å². The Balaban J connectivity index is 1.50. The molecule has 4 heterocycles. The van der Waals surface area contributed by atoms with Crippen molar-refractivity contribution in [1.82, 2.24) is 19.7 Å². The van der Waals surface area contributed by atoms with Crippen LogP contribution < -0.4 is 15.0 Å². The predicted molar refractivity (Wildman–Crippen MR) is 123 cm³/mol. The number of rotatable bonds is 2. The number of halogens is 1. The number of imidazole rings is 1. The van der Waals surface area contributed by atoms with Crippen LogP contribution in [0.5, 0.6) is 5.75 Å². The lowest BCUT2D eigenvalue weighted by Gasteiger charge is -2.37. The lowest BCUT2D eigenvalue weighted by molar-refractivity contribution is 0.125. The summed E-state index contributed by atoms with van der Waals surface area (Å²) in [6, 6.07) is 7.34. The average molecular weight is 440 g/mol. The minimum Gasteiger partial charge on any atom is -0.490 e. The summed E-state index contributed by atoms with van der Waals surface area (Å²) in [4.78, 5) is 11.4. The lowest BCUT2D eigenvalue weighted by Crippen LogP contribution is -2.54. The molecule has 1 saturated heterocycles. The molecule has 7 nitrogen and oxygen atoms in total. The molecule has 3 aromatic rings. The molecule has 1 fully saturated rings. The van der Waals surface area contributed by atoms with E-state index in [0.717, 1.165) is 35.7 Å². The van der Waals surface area contributed by atoms with Crippen LogP contribution in [-0.2, 0) is 4.74 Å². The Morgan fingerprint density at radius 2 is 1.97 bits per heavy atom. The molecule has 2 aromatic heterocycles. The van der Waals surface area contributed by atoms with E-state index < -0.39 is 0 Å². The fraction of sp³-hybridized carbons (Fsp3) is 0.391. The number of ether oxygens (including phenoxy) is 2. The summed E-state index contributed by atoms with van der Waals surface area (Å²) in [5.74, 6) is 1.47. The van der Waals surface area contributed by atoms with E-state index in [1.807, 2.05) is 10.6 Å². The van der Waals surface area contributed by atoms with Crippen molar-refractivity contribution in [2.24, 2.45) is 0 Å². The third-order valence-electron chi connectivity index (χ3n) is 5.60. The smallest absolute Gasteiger partial charge is 0.234 e. The van der Waals surface area contributed by atoms with Gasteiger partial charge in [-0.05, 0) is 32.1 Å². The number of hydrogen-bond acceptors (Lipinski definition) is 6. The van der Waals surface area contributed by atoms with Gasteiger partial charge in [-0.15, -0.1) is 0 Å². The first-order chi connectivity index (χ1) is 15.0. The van der Waals surface area contributed by atoms with Gasteiger partial charge in [0.25, 0.3) is 0 Å². The quantitative estimate of drug-likeness (QED) is 0.659. The number of aromatic nitrogens is 3. The van der Waals surface area contributed by atoms with Gasteiger partial charge in [0, 0.05) is 60.5 Å². The van der Waals surface area contributed by atoms with Crippen LogP contribution in [0.15, 0.2) is 36.8 Å². The lowest BCUT2D eigenvalue weighted by atomic mass is 10.1. The van der Waals surface area contributed by atoms with Crippen molar-refractivity contribution in [3.8, 4) is 5.75 Å². The molecule has 0 spiro atoms. The van der Waals surface area contributed by atoms with Gasteiger partial charge in [0.05, 0.1) is 30.1 Å². The van der Waals surface area contributed by atoms with E-state index in [-0.39, 0.29) is 0 Å². The number of nitrogens with one attached hydrogen (secondary N) is 1. The fourth-order valence-corrected chi connectivity index (χ4v) is 4.44. The summed E-state index contributed by atoms with van der Waals surface area (Å²) in [5, 5.41) is 4.15. The van der Waals surface area contributed by atoms with Crippen LogP contribution in [-0.4, -0.2) is 59.4 Å². The Bertz CT molecular complexity index is 1120. The van der Waals surface area contributed by atoms with E-state index in [4.69, 9.17) is 21.1 Å². The first-order valence-corrected chi connectivity index (χ1v) is 11.0. The highest BCUT2D eigenvalue weighted by molar-refractivity contribution is 6.30. The van der Waals surface area contributed by atoms with Gasteiger partial charge in [-0.2, -0.15) is 0 Å². The Labute approximate surface area is 186 Å². The fourth-order valence-electron chi connectivity index (χ4n) is 4.29. The van der Waals surface area contributed by atoms with E-state index in [2.05, 4.69) is 58.3 Å². The molecular weight excluding hydrogens is 414 g/mol. The second-order valence-electron chi connectivity index (χ2n) is 8.27. The molecule has 2 aliphatic heterocycles. The number of nitrogens with zero attached hydrogens (tertiary/aromatic N) is 4. The molecule has 1 aromatic carbocycles. The molecule has 5 rings (SSSR count). The third-order valence-corrected chi connectivity index (χ3v) is 5.80. The van der Waals surface area contributed by atoms with Crippen LogP contribution in [0.25, 0.3) is 17.4 Å². The minimum atomic E-state index is 0.451.